The Morgan fingerprint density at radius 2 is 2.35 bits per heavy atom. The van der Waals surface area contributed by atoms with Gasteiger partial charge in [0, 0.05) is 12.6 Å². The van der Waals surface area contributed by atoms with Gasteiger partial charge in [-0.1, -0.05) is 0 Å². The average Bonchev–Trinajstić information content (AvgIpc) is 3.15. The Morgan fingerprint density at radius 3 is 2.88 bits per heavy atom. The third-order valence-electron chi connectivity index (χ3n) is 2.89. The number of nitrogens with zero attached hydrogens (tertiary/aromatic N) is 2. The van der Waals surface area contributed by atoms with E-state index in [2.05, 4.69) is 16.8 Å². The maximum atomic E-state index is 11.7. The van der Waals surface area contributed by atoms with Gasteiger partial charge in [0.15, 0.2) is 0 Å². The fraction of sp³-hybridized carbons (Fsp3) is 0.500. The molecule has 1 aromatic heterocycles. The smallest absolute Gasteiger partial charge is 0.341 e. The van der Waals surface area contributed by atoms with Gasteiger partial charge in [0.1, 0.15) is 11.4 Å². The van der Waals surface area contributed by atoms with E-state index in [1.165, 1.54) is 7.11 Å². The Morgan fingerprint density at radius 1 is 1.65 bits per heavy atom. The molecule has 0 unspecified atom stereocenters. The number of pyridine rings is 1. The monoisotopic (exact) mass is 235 g/mol. The minimum Gasteiger partial charge on any atom is -0.465 e. The van der Waals surface area contributed by atoms with E-state index < -0.39 is 0 Å². The lowest BCUT2D eigenvalue weighted by atomic mass is 10.2. The quantitative estimate of drug-likeness (QED) is 0.800. The zero-order valence-corrected chi connectivity index (χ0v) is 10.1. The predicted octanol–water partition coefficient (Wildman–Crippen LogP) is 1.44. The molecule has 0 radical (unpaired) electrons. The van der Waals surface area contributed by atoms with Crippen LogP contribution in [-0.2, 0) is 4.74 Å². The molecule has 2 N–H and O–H groups in total. The number of hydrogen-bond acceptors (Lipinski definition) is 5. The Labute approximate surface area is 101 Å². The number of ether oxygens (including phenoxy) is 1. The minimum absolute atomic E-state index is 0.390. The zero-order chi connectivity index (χ0) is 12.4. The van der Waals surface area contributed by atoms with Crippen molar-refractivity contribution in [3.8, 4) is 0 Å². The third-order valence-corrected chi connectivity index (χ3v) is 2.89. The summed E-state index contributed by atoms with van der Waals surface area (Å²) < 4.78 is 4.77. The van der Waals surface area contributed by atoms with Gasteiger partial charge in [-0.15, -0.1) is 0 Å². The summed E-state index contributed by atoms with van der Waals surface area (Å²) in [6.45, 7) is 2.88. The first-order chi connectivity index (χ1) is 8.17. The molecule has 0 atom stereocenters. The molecule has 1 fully saturated rings. The van der Waals surface area contributed by atoms with Crippen LogP contribution >= 0.6 is 0 Å². The highest BCUT2D eigenvalue weighted by atomic mass is 16.5. The number of anilines is 2. The highest BCUT2D eigenvalue weighted by molar-refractivity contribution is 5.95. The second kappa shape index (κ2) is 4.61. The Hall–Kier alpha value is -1.78. The van der Waals surface area contributed by atoms with Crippen LogP contribution in [0.15, 0.2) is 12.3 Å². The van der Waals surface area contributed by atoms with E-state index >= 15 is 0 Å². The van der Waals surface area contributed by atoms with Crippen LogP contribution in [0.25, 0.3) is 0 Å². The molecular formula is C12H17N3O2. The fourth-order valence-electron chi connectivity index (χ4n) is 1.93. The van der Waals surface area contributed by atoms with Gasteiger partial charge in [-0.2, -0.15) is 0 Å². The summed E-state index contributed by atoms with van der Waals surface area (Å²) in [6.07, 6.45) is 3.88. The highest BCUT2D eigenvalue weighted by Crippen LogP contribution is 2.32. The summed E-state index contributed by atoms with van der Waals surface area (Å²) in [6, 6.07) is 2.12. The normalized spacial score (nSPS) is 14.5. The van der Waals surface area contributed by atoms with E-state index in [0.717, 1.165) is 19.4 Å². The van der Waals surface area contributed by atoms with Crippen molar-refractivity contribution < 1.29 is 9.53 Å². The minimum atomic E-state index is -0.390. The van der Waals surface area contributed by atoms with Gasteiger partial charge in [-0.05, 0) is 25.8 Å². The number of carbonyl (C=O) groups is 1. The summed E-state index contributed by atoms with van der Waals surface area (Å²) in [7, 11) is 1.36. The Bertz CT molecular complexity index is 430. The lowest BCUT2D eigenvalue weighted by Gasteiger charge is -2.23. The summed E-state index contributed by atoms with van der Waals surface area (Å²) in [4.78, 5) is 18.1. The van der Waals surface area contributed by atoms with Crippen molar-refractivity contribution in [1.82, 2.24) is 4.98 Å². The largest absolute Gasteiger partial charge is 0.465 e. The first-order valence-electron chi connectivity index (χ1n) is 5.77. The van der Waals surface area contributed by atoms with E-state index in [-0.39, 0.29) is 5.97 Å². The van der Waals surface area contributed by atoms with E-state index in [1.807, 2.05) is 0 Å². The van der Waals surface area contributed by atoms with Gasteiger partial charge in [0.05, 0.1) is 19.0 Å². The van der Waals surface area contributed by atoms with E-state index in [0.29, 0.717) is 23.1 Å². The second-order valence-electron chi connectivity index (χ2n) is 4.15. The summed E-state index contributed by atoms with van der Waals surface area (Å²) >= 11 is 0. The van der Waals surface area contributed by atoms with Gasteiger partial charge < -0.3 is 15.4 Å². The van der Waals surface area contributed by atoms with Crippen LogP contribution in [0.5, 0.6) is 0 Å². The van der Waals surface area contributed by atoms with Gasteiger partial charge in [0.25, 0.3) is 0 Å². The molecule has 0 amide bonds. The van der Waals surface area contributed by atoms with E-state index in [1.54, 1.807) is 12.3 Å². The van der Waals surface area contributed by atoms with Crippen LogP contribution in [0.4, 0.5) is 11.5 Å². The third kappa shape index (κ3) is 2.33. The van der Waals surface area contributed by atoms with Crippen LogP contribution < -0.4 is 10.6 Å². The molecule has 1 saturated carbocycles. The molecule has 1 heterocycles. The number of rotatable bonds is 4. The topological polar surface area (TPSA) is 68.5 Å². The summed E-state index contributed by atoms with van der Waals surface area (Å²) in [5.41, 5.74) is 6.58. The Balaban J connectivity index is 2.40. The SMILES string of the molecule is CCN(c1ncc(N)cc1C(=O)OC)C1CC1. The van der Waals surface area contributed by atoms with Crippen LogP contribution in [0.1, 0.15) is 30.1 Å². The summed E-state index contributed by atoms with van der Waals surface area (Å²) in [5.74, 6) is 0.287. The number of nitrogen functional groups attached to an aromatic ring is 1. The molecule has 92 valence electrons. The molecule has 0 spiro atoms. The zero-order valence-electron chi connectivity index (χ0n) is 10.1. The predicted molar refractivity (Wildman–Crippen MR) is 66.0 cm³/mol. The number of nitrogens with two attached hydrogens (primary N) is 1. The Kier molecular flexibility index (Phi) is 3.17. The van der Waals surface area contributed by atoms with Crippen molar-refractivity contribution in [1.29, 1.82) is 0 Å². The number of aromatic nitrogens is 1. The van der Waals surface area contributed by atoms with Crippen LogP contribution in [-0.4, -0.2) is 30.6 Å². The van der Waals surface area contributed by atoms with Crippen molar-refractivity contribution in [2.45, 2.75) is 25.8 Å². The molecule has 0 aliphatic heterocycles. The van der Waals surface area contributed by atoms with Crippen molar-refractivity contribution in [2.75, 3.05) is 24.3 Å². The molecule has 5 heteroatoms. The van der Waals surface area contributed by atoms with Crippen molar-refractivity contribution in [3.63, 3.8) is 0 Å². The molecule has 2 rings (SSSR count). The van der Waals surface area contributed by atoms with Gasteiger partial charge in [0.2, 0.25) is 0 Å². The maximum Gasteiger partial charge on any atom is 0.341 e. The van der Waals surface area contributed by atoms with Gasteiger partial charge in [-0.3, -0.25) is 0 Å². The number of methoxy groups -OCH3 is 1. The van der Waals surface area contributed by atoms with Crippen LogP contribution in [0.3, 0.4) is 0 Å². The molecule has 0 bridgehead atoms. The fourth-order valence-corrected chi connectivity index (χ4v) is 1.93. The van der Waals surface area contributed by atoms with Crippen molar-refractivity contribution in [3.05, 3.63) is 17.8 Å². The number of hydrogen-bond donors (Lipinski definition) is 1. The van der Waals surface area contributed by atoms with Crippen molar-refractivity contribution in [2.24, 2.45) is 0 Å². The molecular weight excluding hydrogens is 218 g/mol. The van der Waals surface area contributed by atoms with E-state index in [4.69, 9.17) is 10.5 Å². The molecule has 1 aromatic rings. The molecule has 17 heavy (non-hydrogen) atoms. The summed E-state index contributed by atoms with van der Waals surface area (Å²) in [5, 5.41) is 0. The number of esters is 1. The standard InChI is InChI=1S/C12H17N3O2/c1-3-15(9-4-5-9)11-10(12(16)17-2)6-8(13)7-14-11/h6-7,9H,3-5,13H2,1-2H3. The van der Waals surface area contributed by atoms with Crippen LogP contribution in [0, 0.1) is 0 Å². The first kappa shape index (κ1) is 11.7. The lowest BCUT2D eigenvalue weighted by molar-refractivity contribution is 0.0601. The van der Waals surface area contributed by atoms with Crippen LogP contribution in [0.2, 0.25) is 0 Å². The van der Waals surface area contributed by atoms with Gasteiger partial charge in [-0.25, -0.2) is 9.78 Å². The number of carbonyl (C=O) groups excluding carboxylic acids is 1. The maximum absolute atomic E-state index is 11.7. The molecule has 1 aliphatic rings. The lowest BCUT2D eigenvalue weighted by Crippen LogP contribution is -2.28. The average molecular weight is 235 g/mol. The first-order valence-corrected chi connectivity index (χ1v) is 5.77. The second-order valence-corrected chi connectivity index (χ2v) is 4.15. The molecule has 0 saturated heterocycles. The molecule has 1 aliphatic carbocycles. The molecule has 5 nitrogen and oxygen atoms in total. The van der Waals surface area contributed by atoms with Crippen molar-refractivity contribution >= 4 is 17.5 Å². The van der Waals surface area contributed by atoms with E-state index in [9.17, 15) is 4.79 Å². The van der Waals surface area contributed by atoms with Gasteiger partial charge >= 0.3 is 5.97 Å². The molecule has 0 aromatic carbocycles. The highest BCUT2D eigenvalue weighted by Gasteiger charge is 2.31.